The first kappa shape index (κ1) is 16.5. The lowest BCUT2D eigenvalue weighted by molar-refractivity contribution is -0.129. The molecule has 0 unspecified atom stereocenters. The Morgan fingerprint density at radius 1 is 1.44 bits per heavy atom. The zero-order valence-electron chi connectivity index (χ0n) is 14.5. The number of methoxy groups -OCH3 is 1. The predicted molar refractivity (Wildman–Crippen MR) is 99.7 cm³/mol. The third kappa shape index (κ3) is 3.84. The van der Waals surface area contributed by atoms with Gasteiger partial charge in [-0.25, -0.2) is 4.98 Å². The van der Waals surface area contributed by atoms with Crippen LogP contribution in [0.15, 0.2) is 24.3 Å². The van der Waals surface area contributed by atoms with E-state index in [1.54, 1.807) is 18.9 Å². The van der Waals surface area contributed by atoms with E-state index >= 15 is 0 Å². The molecular weight excluding hydrogens is 334 g/mol. The van der Waals surface area contributed by atoms with Gasteiger partial charge in [-0.1, -0.05) is 12.1 Å². The van der Waals surface area contributed by atoms with Gasteiger partial charge in [-0.2, -0.15) is 11.8 Å². The van der Waals surface area contributed by atoms with Crippen LogP contribution >= 0.6 is 11.8 Å². The molecule has 1 aliphatic heterocycles. The number of hydrogen-bond donors (Lipinski definition) is 1. The number of benzene rings is 1. The molecule has 0 atom stereocenters. The van der Waals surface area contributed by atoms with Crippen molar-refractivity contribution in [1.82, 2.24) is 14.9 Å². The van der Waals surface area contributed by atoms with Gasteiger partial charge in [0.25, 0.3) is 0 Å². The van der Waals surface area contributed by atoms with Crippen LogP contribution in [0.3, 0.4) is 0 Å². The molecule has 1 N–H and O–H groups in total. The molecule has 0 bridgehead atoms. The van der Waals surface area contributed by atoms with E-state index in [0.717, 1.165) is 53.2 Å². The predicted octanol–water partition coefficient (Wildman–Crippen LogP) is 3.11. The fourth-order valence-electron chi connectivity index (χ4n) is 3.10. The van der Waals surface area contributed by atoms with E-state index in [1.807, 2.05) is 29.2 Å². The summed E-state index contributed by atoms with van der Waals surface area (Å²) < 4.78 is 5.29. The molecule has 1 saturated carbocycles. The minimum Gasteiger partial charge on any atom is -0.497 e. The Labute approximate surface area is 152 Å². The molecule has 132 valence electrons. The third-order valence-corrected chi connectivity index (χ3v) is 5.96. The highest BCUT2D eigenvalue weighted by Gasteiger charge is 2.25. The van der Waals surface area contributed by atoms with Crippen LogP contribution in [0.25, 0.3) is 11.4 Å². The largest absolute Gasteiger partial charge is 0.497 e. The molecule has 1 aromatic heterocycles. The maximum absolute atomic E-state index is 12.4. The number of aromatic nitrogens is 2. The zero-order valence-corrected chi connectivity index (χ0v) is 15.3. The molecule has 1 aliphatic carbocycles. The summed E-state index contributed by atoms with van der Waals surface area (Å²) in [6, 6.07) is 7.88. The van der Waals surface area contributed by atoms with Gasteiger partial charge in [0.15, 0.2) is 0 Å². The number of thioether (sulfide) groups is 1. The molecule has 2 heterocycles. The molecule has 0 saturated heterocycles. The molecule has 6 heteroatoms. The number of ether oxygens (including phenoxy) is 1. The van der Waals surface area contributed by atoms with Crippen LogP contribution in [0, 0.1) is 5.92 Å². The SMILES string of the molecule is COc1cccc(-c2nc3c([nH]2)CN(C(=O)CSCC2CC2)CC3)c1. The Morgan fingerprint density at radius 3 is 3.12 bits per heavy atom. The van der Waals surface area contributed by atoms with Gasteiger partial charge in [0.1, 0.15) is 11.6 Å². The van der Waals surface area contributed by atoms with E-state index in [4.69, 9.17) is 9.72 Å². The highest BCUT2D eigenvalue weighted by molar-refractivity contribution is 7.99. The molecule has 1 aromatic carbocycles. The number of carbonyl (C=O) groups excluding carboxylic acids is 1. The van der Waals surface area contributed by atoms with E-state index in [1.165, 1.54) is 12.8 Å². The van der Waals surface area contributed by atoms with Gasteiger partial charge >= 0.3 is 0 Å². The van der Waals surface area contributed by atoms with Crippen molar-refractivity contribution in [2.24, 2.45) is 5.92 Å². The Hall–Kier alpha value is -1.95. The summed E-state index contributed by atoms with van der Waals surface area (Å²) in [5.74, 6) is 4.51. The van der Waals surface area contributed by atoms with Crippen molar-refractivity contribution in [3.05, 3.63) is 35.7 Å². The van der Waals surface area contributed by atoms with E-state index < -0.39 is 0 Å². The maximum Gasteiger partial charge on any atom is 0.232 e. The van der Waals surface area contributed by atoms with Crippen LogP contribution < -0.4 is 4.74 Å². The number of imidazole rings is 1. The van der Waals surface area contributed by atoms with E-state index in [0.29, 0.717) is 12.3 Å². The van der Waals surface area contributed by atoms with E-state index in [9.17, 15) is 4.79 Å². The molecule has 1 amide bonds. The molecular formula is C19H23N3O2S. The van der Waals surface area contributed by atoms with Gasteiger partial charge < -0.3 is 14.6 Å². The van der Waals surface area contributed by atoms with Crippen LogP contribution in [0.4, 0.5) is 0 Å². The number of aromatic amines is 1. The molecule has 25 heavy (non-hydrogen) atoms. The Balaban J connectivity index is 1.42. The van der Waals surface area contributed by atoms with Gasteiger partial charge in [-0.15, -0.1) is 0 Å². The lowest BCUT2D eigenvalue weighted by atomic mass is 10.1. The topological polar surface area (TPSA) is 58.2 Å². The maximum atomic E-state index is 12.4. The number of nitrogens with zero attached hydrogens (tertiary/aromatic N) is 2. The van der Waals surface area contributed by atoms with Crippen molar-refractivity contribution in [1.29, 1.82) is 0 Å². The van der Waals surface area contributed by atoms with Crippen LogP contribution in [-0.2, 0) is 17.8 Å². The number of hydrogen-bond acceptors (Lipinski definition) is 4. The summed E-state index contributed by atoms with van der Waals surface area (Å²) in [7, 11) is 1.66. The van der Waals surface area contributed by atoms with Crippen LogP contribution in [0.5, 0.6) is 5.75 Å². The summed E-state index contributed by atoms with van der Waals surface area (Å²) in [4.78, 5) is 22.5. The average molecular weight is 357 g/mol. The summed E-state index contributed by atoms with van der Waals surface area (Å²) in [5.41, 5.74) is 3.14. The summed E-state index contributed by atoms with van der Waals surface area (Å²) in [6.45, 7) is 1.40. The zero-order chi connectivity index (χ0) is 17.2. The smallest absolute Gasteiger partial charge is 0.232 e. The number of H-pyrrole nitrogens is 1. The number of carbonyl (C=O) groups is 1. The number of fused-ring (bicyclic) bond motifs is 1. The Morgan fingerprint density at radius 2 is 2.32 bits per heavy atom. The van der Waals surface area contributed by atoms with Gasteiger partial charge in [-0.3, -0.25) is 4.79 Å². The van der Waals surface area contributed by atoms with Crippen molar-refractivity contribution in [3.8, 4) is 17.1 Å². The first-order valence-electron chi connectivity index (χ1n) is 8.80. The van der Waals surface area contributed by atoms with Crippen LogP contribution in [0.1, 0.15) is 24.2 Å². The molecule has 2 aliphatic rings. The molecule has 4 rings (SSSR count). The molecule has 5 nitrogen and oxygen atoms in total. The van der Waals surface area contributed by atoms with Gasteiger partial charge in [0.2, 0.25) is 5.91 Å². The summed E-state index contributed by atoms with van der Waals surface area (Å²) in [5, 5.41) is 0. The Bertz CT molecular complexity index is 770. The van der Waals surface area contributed by atoms with Crippen molar-refractivity contribution in [2.75, 3.05) is 25.2 Å². The van der Waals surface area contributed by atoms with Crippen molar-refractivity contribution < 1.29 is 9.53 Å². The monoisotopic (exact) mass is 357 g/mol. The van der Waals surface area contributed by atoms with Gasteiger partial charge in [0, 0.05) is 18.5 Å². The average Bonchev–Trinajstić information content (AvgIpc) is 3.37. The summed E-state index contributed by atoms with van der Waals surface area (Å²) >= 11 is 1.78. The van der Waals surface area contributed by atoms with Crippen molar-refractivity contribution in [3.63, 3.8) is 0 Å². The lowest BCUT2D eigenvalue weighted by Gasteiger charge is -2.26. The fraction of sp³-hybridized carbons (Fsp3) is 0.474. The van der Waals surface area contributed by atoms with Crippen LogP contribution in [0.2, 0.25) is 0 Å². The van der Waals surface area contributed by atoms with Crippen molar-refractivity contribution >= 4 is 17.7 Å². The number of nitrogens with one attached hydrogen (secondary N) is 1. The Kier molecular flexibility index (Phi) is 4.70. The standard InChI is InChI=1S/C19H23N3O2S/c1-24-15-4-2-3-14(9-15)19-20-16-7-8-22(10-17(16)21-19)18(23)12-25-11-13-5-6-13/h2-4,9,13H,5-8,10-12H2,1H3,(H,20,21). The second-order valence-electron chi connectivity index (χ2n) is 6.77. The second kappa shape index (κ2) is 7.12. The highest BCUT2D eigenvalue weighted by Crippen LogP contribution is 2.32. The lowest BCUT2D eigenvalue weighted by Crippen LogP contribution is -2.37. The quantitative estimate of drug-likeness (QED) is 0.863. The van der Waals surface area contributed by atoms with Crippen LogP contribution in [-0.4, -0.2) is 45.9 Å². The summed E-state index contributed by atoms with van der Waals surface area (Å²) in [6.07, 6.45) is 3.50. The molecule has 0 spiro atoms. The minimum absolute atomic E-state index is 0.244. The van der Waals surface area contributed by atoms with Gasteiger partial charge in [0.05, 0.1) is 30.8 Å². The highest BCUT2D eigenvalue weighted by atomic mass is 32.2. The fourth-order valence-corrected chi connectivity index (χ4v) is 4.24. The van der Waals surface area contributed by atoms with Gasteiger partial charge in [-0.05, 0) is 36.6 Å². The molecule has 0 radical (unpaired) electrons. The first-order chi connectivity index (χ1) is 12.2. The molecule has 1 fully saturated rings. The molecule has 2 aromatic rings. The minimum atomic E-state index is 0.244. The third-order valence-electron chi connectivity index (χ3n) is 4.80. The normalized spacial score (nSPS) is 16.6. The van der Waals surface area contributed by atoms with Crippen molar-refractivity contribution in [2.45, 2.75) is 25.8 Å². The number of amides is 1. The second-order valence-corrected chi connectivity index (χ2v) is 7.80. The number of rotatable bonds is 6. The first-order valence-corrected chi connectivity index (χ1v) is 9.96. The van der Waals surface area contributed by atoms with E-state index in [-0.39, 0.29) is 5.91 Å². The van der Waals surface area contributed by atoms with E-state index in [2.05, 4.69) is 4.98 Å².